The number of nitrogens with two attached hydrogens (primary N) is 1. The van der Waals surface area contributed by atoms with E-state index in [1.165, 1.54) is 12.1 Å². The van der Waals surface area contributed by atoms with E-state index in [2.05, 4.69) is 5.32 Å². The Morgan fingerprint density at radius 1 is 1.24 bits per heavy atom. The smallest absolute Gasteiger partial charge is 0.254 e. The lowest BCUT2D eigenvalue weighted by atomic mass is 10.0. The fraction of sp³-hybridized carbons (Fsp3) is 0.235. The molecule has 2 aromatic carbocycles. The molecule has 2 rings (SSSR count). The van der Waals surface area contributed by atoms with Crippen molar-refractivity contribution in [3.05, 3.63) is 71.0 Å². The lowest BCUT2D eigenvalue weighted by Gasteiger charge is -2.12. The third-order valence-electron chi connectivity index (χ3n) is 3.34. The summed E-state index contributed by atoms with van der Waals surface area (Å²) in [6.45, 7) is 2.19. The Morgan fingerprint density at radius 2 is 1.95 bits per heavy atom. The number of halogens is 1. The number of aryl methyl sites for hydroxylation is 1. The summed E-state index contributed by atoms with van der Waals surface area (Å²) in [7, 11) is 0. The molecule has 0 bridgehead atoms. The van der Waals surface area contributed by atoms with E-state index in [-0.39, 0.29) is 11.6 Å². The Morgan fingerprint density at radius 3 is 2.62 bits per heavy atom. The van der Waals surface area contributed by atoms with E-state index < -0.39 is 11.7 Å². The highest BCUT2D eigenvalue weighted by Crippen LogP contribution is 2.13. The van der Waals surface area contributed by atoms with E-state index >= 15 is 0 Å². The van der Waals surface area contributed by atoms with E-state index in [0.29, 0.717) is 13.0 Å². The second-order valence-electron chi connectivity index (χ2n) is 5.05. The lowest BCUT2D eigenvalue weighted by molar-refractivity contribution is 0.0948. The molecule has 0 radical (unpaired) electrons. The molecule has 0 spiro atoms. The molecule has 0 aliphatic heterocycles. The molecule has 4 heteroatoms. The lowest BCUT2D eigenvalue weighted by Crippen LogP contribution is -2.28. The molecule has 0 aliphatic rings. The molecule has 0 aromatic heterocycles. The Hall–Kier alpha value is -2.20. The van der Waals surface area contributed by atoms with E-state index in [0.717, 1.165) is 11.1 Å². The van der Waals surface area contributed by atoms with E-state index in [9.17, 15) is 9.18 Å². The van der Waals surface area contributed by atoms with Gasteiger partial charge in [0.25, 0.3) is 5.91 Å². The van der Waals surface area contributed by atoms with Crippen molar-refractivity contribution in [3.63, 3.8) is 0 Å². The minimum Gasteiger partial charge on any atom is -0.352 e. The molecule has 0 heterocycles. The third-order valence-corrected chi connectivity index (χ3v) is 3.34. The van der Waals surface area contributed by atoms with Crippen LogP contribution in [0.3, 0.4) is 0 Å². The van der Waals surface area contributed by atoms with Crippen LogP contribution in [0.1, 0.15) is 33.9 Å². The number of rotatable bonds is 5. The number of amides is 1. The first kappa shape index (κ1) is 15.2. The van der Waals surface area contributed by atoms with Crippen molar-refractivity contribution < 1.29 is 9.18 Å². The van der Waals surface area contributed by atoms with E-state index in [1.54, 1.807) is 13.0 Å². The van der Waals surface area contributed by atoms with Gasteiger partial charge in [-0.1, -0.05) is 36.4 Å². The number of hydrogen-bond acceptors (Lipinski definition) is 2. The monoisotopic (exact) mass is 286 g/mol. The fourth-order valence-corrected chi connectivity index (χ4v) is 2.11. The molecule has 3 N–H and O–H groups in total. The zero-order chi connectivity index (χ0) is 15.2. The normalized spacial score (nSPS) is 12.0. The van der Waals surface area contributed by atoms with Gasteiger partial charge in [-0.3, -0.25) is 4.79 Å². The van der Waals surface area contributed by atoms with Gasteiger partial charge >= 0.3 is 0 Å². The van der Waals surface area contributed by atoms with Crippen LogP contribution >= 0.6 is 0 Å². The fourth-order valence-electron chi connectivity index (χ4n) is 2.11. The van der Waals surface area contributed by atoms with Crippen molar-refractivity contribution in [2.45, 2.75) is 19.4 Å². The topological polar surface area (TPSA) is 55.1 Å². The molecule has 0 saturated carbocycles. The maximum absolute atomic E-state index is 13.7. The van der Waals surface area contributed by atoms with Gasteiger partial charge in [0, 0.05) is 12.6 Å². The number of hydrogen-bond donors (Lipinski definition) is 2. The van der Waals surface area contributed by atoms with Crippen LogP contribution in [-0.2, 0) is 0 Å². The Balaban J connectivity index is 1.87. The number of benzene rings is 2. The molecular weight excluding hydrogens is 267 g/mol. The summed E-state index contributed by atoms with van der Waals surface area (Å²) in [5, 5.41) is 2.70. The van der Waals surface area contributed by atoms with Crippen molar-refractivity contribution in [2.75, 3.05) is 6.54 Å². The molecule has 1 unspecified atom stereocenters. The summed E-state index contributed by atoms with van der Waals surface area (Å²) < 4.78 is 13.7. The molecule has 2 aromatic rings. The second kappa shape index (κ2) is 6.99. The van der Waals surface area contributed by atoms with Crippen LogP contribution < -0.4 is 11.1 Å². The van der Waals surface area contributed by atoms with Crippen molar-refractivity contribution in [1.82, 2.24) is 5.32 Å². The van der Waals surface area contributed by atoms with Crippen molar-refractivity contribution in [2.24, 2.45) is 5.73 Å². The van der Waals surface area contributed by atoms with Gasteiger partial charge in [0.2, 0.25) is 0 Å². The minimum atomic E-state index is -0.500. The molecule has 3 nitrogen and oxygen atoms in total. The second-order valence-corrected chi connectivity index (χ2v) is 5.05. The van der Waals surface area contributed by atoms with Crippen molar-refractivity contribution in [3.8, 4) is 0 Å². The van der Waals surface area contributed by atoms with Crippen LogP contribution in [0.2, 0.25) is 0 Å². The summed E-state index contributed by atoms with van der Waals surface area (Å²) in [6, 6.07) is 14.1. The predicted octanol–water partition coefficient (Wildman–Crippen LogP) is 2.95. The van der Waals surface area contributed by atoms with Crippen LogP contribution in [0.25, 0.3) is 0 Å². The van der Waals surface area contributed by atoms with E-state index in [1.807, 2.05) is 30.3 Å². The summed E-state index contributed by atoms with van der Waals surface area (Å²) in [6.07, 6.45) is 0.600. The summed E-state index contributed by atoms with van der Waals surface area (Å²) in [5.74, 6) is -0.910. The Labute approximate surface area is 124 Å². The number of carbonyl (C=O) groups excluding carboxylic acids is 1. The molecule has 0 saturated heterocycles. The first-order valence-corrected chi connectivity index (χ1v) is 6.93. The highest BCUT2D eigenvalue weighted by Gasteiger charge is 2.12. The maximum Gasteiger partial charge on any atom is 0.254 e. The summed E-state index contributed by atoms with van der Waals surface area (Å²) in [4.78, 5) is 11.9. The Bertz CT molecular complexity index is 613. The minimum absolute atomic E-state index is 0.0638. The highest BCUT2D eigenvalue weighted by atomic mass is 19.1. The molecule has 1 atom stereocenters. The van der Waals surface area contributed by atoms with Gasteiger partial charge in [-0.05, 0) is 36.6 Å². The standard InChI is InChI=1S/C17H19FN2O/c1-12-7-8-14(15(18)11-12)17(21)20-10-9-16(19)13-5-3-2-4-6-13/h2-8,11,16H,9-10,19H2,1H3,(H,20,21). The van der Waals surface area contributed by atoms with Crippen LogP contribution in [0.4, 0.5) is 4.39 Å². The average Bonchev–Trinajstić information content (AvgIpc) is 2.47. The number of nitrogens with one attached hydrogen (secondary N) is 1. The van der Waals surface area contributed by atoms with Crippen molar-refractivity contribution in [1.29, 1.82) is 0 Å². The molecule has 1 amide bonds. The first-order chi connectivity index (χ1) is 10.1. The summed E-state index contributed by atoms with van der Waals surface area (Å²) >= 11 is 0. The molecular formula is C17H19FN2O. The zero-order valence-corrected chi connectivity index (χ0v) is 12.0. The van der Waals surface area contributed by atoms with Gasteiger partial charge in [0.05, 0.1) is 5.56 Å². The largest absolute Gasteiger partial charge is 0.352 e. The van der Waals surface area contributed by atoms with Crippen LogP contribution in [0.5, 0.6) is 0 Å². The molecule has 0 fully saturated rings. The van der Waals surface area contributed by atoms with Gasteiger partial charge in [-0.25, -0.2) is 4.39 Å². The van der Waals surface area contributed by atoms with Gasteiger partial charge in [0.15, 0.2) is 0 Å². The molecule has 110 valence electrons. The highest BCUT2D eigenvalue weighted by molar-refractivity contribution is 5.94. The SMILES string of the molecule is Cc1ccc(C(=O)NCCC(N)c2ccccc2)c(F)c1. The van der Waals surface area contributed by atoms with Crippen molar-refractivity contribution >= 4 is 5.91 Å². The van der Waals surface area contributed by atoms with Crippen LogP contribution in [0, 0.1) is 12.7 Å². The first-order valence-electron chi connectivity index (χ1n) is 6.93. The van der Waals surface area contributed by atoms with Gasteiger partial charge in [-0.2, -0.15) is 0 Å². The van der Waals surface area contributed by atoms with Gasteiger partial charge in [0.1, 0.15) is 5.82 Å². The third kappa shape index (κ3) is 4.13. The van der Waals surface area contributed by atoms with E-state index in [4.69, 9.17) is 5.73 Å². The summed E-state index contributed by atoms with van der Waals surface area (Å²) in [5.41, 5.74) is 7.92. The quantitative estimate of drug-likeness (QED) is 0.888. The Kier molecular flexibility index (Phi) is 5.06. The van der Waals surface area contributed by atoms with Gasteiger partial charge in [-0.15, -0.1) is 0 Å². The predicted molar refractivity (Wildman–Crippen MR) is 81.5 cm³/mol. The zero-order valence-electron chi connectivity index (χ0n) is 12.0. The molecule has 21 heavy (non-hydrogen) atoms. The van der Waals surface area contributed by atoms with Crippen LogP contribution in [0.15, 0.2) is 48.5 Å². The maximum atomic E-state index is 13.7. The van der Waals surface area contributed by atoms with Gasteiger partial charge < -0.3 is 11.1 Å². The molecule has 0 aliphatic carbocycles. The number of carbonyl (C=O) groups is 1. The van der Waals surface area contributed by atoms with Crippen LogP contribution in [-0.4, -0.2) is 12.5 Å². The average molecular weight is 286 g/mol.